The van der Waals surface area contributed by atoms with Crippen molar-refractivity contribution in [3.05, 3.63) is 0 Å². The van der Waals surface area contributed by atoms with Gasteiger partial charge in [-0.15, -0.1) is 0 Å². The predicted molar refractivity (Wildman–Crippen MR) is 78.2 cm³/mol. The molecule has 6 nitrogen and oxygen atoms in total. The van der Waals surface area contributed by atoms with E-state index in [1.165, 1.54) is 11.3 Å². The number of amides is 3. The molecule has 1 unspecified atom stereocenters. The predicted octanol–water partition coefficient (Wildman–Crippen LogP) is 0.692. The van der Waals surface area contributed by atoms with E-state index in [0.717, 1.165) is 32.1 Å². The number of unbranched alkanes of at least 4 members (excludes halogenated alkanes) is 1. The molecule has 1 aliphatic heterocycles. The van der Waals surface area contributed by atoms with E-state index < -0.39 is 0 Å². The summed E-state index contributed by atoms with van der Waals surface area (Å²) in [5.74, 6) is -0.408. The van der Waals surface area contributed by atoms with Gasteiger partial charge in [-0.2, -0.15) is 0 Å². The molecular formula is C15H25N3O3. The van der Waals surface area contributed by atoms with E-state index in [1.807, 2.05) is 0 Å². The van der Waals surface area contributed by atoms with Crippen LogP contribution in [0.5, 0.6) is 0 Å². The first-order valence-electron chi connectivity index (χ1n) is 7.97. The van der Waals surface area contributed by atoms with Gasteiger partial charge in [-0.1, -0.05) is 19.3 Å². The van der Waals surface area contributed by atoms with E-state index in [1.54, 1.807) is 0 Å². The maximum Gasteiger partial charge on any atom is 0.247 e. The summed E-state index contributed by atoms with van der Waals surface area (Å²) in [6.45, 7) is 0.634. The molecule has 6 heteroatoms. The van der Waals surface area contributed by atoms with Gasteiger partial charge in [-0.05, 0) is 32.2 Å². The van der Waals surface area contributed by atoms with E-state index in [9.17, 15) is 14.4 Å². The van der Waals surface area contributed by atoms with Gasteiger partial charge in [0.1, 0.15) is 0 Å². The van der Waals surface area contributed by atoms with Gasteiger partial charge >= 0.3 is 0 Å². The number of imide groups is 1. The summed E-state index contributed by atoms with van der Waals surface area (Å²) in [6, 6.07) is -0.270. The molecule has 1 atom stereocenters. The van der Waals surface area contributed by atoms with Gasteiger partial charge in [-0.25, -0.2) is 0 Å². The van der Waals surface area contributed by atoms with Gasteiger partial charge in [0.2, 0.25) is 17.7 Å². The molecule has 1 aliphatic carbocycles. The highest BCUT2D eigenvalue weighted by Gasteiger charge is 2.42. The highest BCUT2D eigenvalue weighted by Crippen LogP contribution is 2.27. The van der Waals surface area contributed by atoms with E-state index in [4.69, 9.17) is 5.73 Å². The van der Waals surface area contributed by atoms with Crippen molar-refractivity contribution in [2.75, 3.05) is 6.54 Å². The molecule has 2 aliphatic rings. The number of likely N-dealkylation sites (tertiary alicyclic amines) is 1. The minimum Gasteiger partial charge on any atom is -0.370 e. The van der Waals surface area contributed by atoms with Crippen molar-refractivity contribution in [1.29, 1.82) is 0 Å². The van der Waals surface area contributed by atoms with Crippen LogP contribution in [0.3, 0.4) is 0 Å². The second-order valence-electron chi connectivity index (χ2n) is 6.03. The van der Waals surface area contributed by atoms with Crippen LogP contribution in [0.2, 0.25) is 0 Å². The molecule has 0 aromatic rings. The maximum absolute atomic E-state index is 12.4. The monoisotopic (exact) mass is 295 g/mol. The van der Waals surface area contributed by atoms with E-state index in [0.29, 0.717) is 19.4 Å². The molecule has 3 N–H and O–H groups in total. The normalized spacial score (nSPS) is 23.8. The van der Waals surface area contributed by atoms with Gasteiger partial charge in [0, 0.05) is 12.5 Å². The molecule has 0 radical (unpaired) electrons. The number of hydrogen-bond donors (Lipinski definition) is 2. The van der Waals surface area contributed by atoms with E-state index in [-0.39, 0.29) is 36.2 Å². The van der Waals surface area contributed by atoms with Crippen molar-refractivity contribution in [2.24, 2.45) is 5.73 Å². The third-order valence-corrected chi connectivity index (χ3v) is 4.36. The van der Waals surface area contributed by atoms with Gasteiger partial charge in [0.25, 0.3) is 0 Å². The molecular weight excluding hydrogens is 270 g/mol. The fourth-order valence-electron chi connectivity index (χ4n) is 3.23. The fourth-order valence-corrected chi connectivity index (χ4v) is 3.23. The van der Waals surface area contributed by atoms with Gasteiger partial charge in [0.05, 0.1) is 12.5 Å². The highest BCUT2D eigenvalue weighted by molar-refractivity contribution is 6.05. The molecule has 3 amide bonds. The third kappa shape index (κ3) is 4.27. The smallest absolute Gasteiger partial charge is 0.247 e. The SMILES string of the molecule is NC(=O)CCCCNC1CC(=O)N(C2CCCCC2)C1=O. The van der Waals surface area contributed by atoms with Crippen molar-refractivity contribution in [1.82, 2.24) is 10.2 Å². The summed E-state index contributed by atoms with van der Waals surface area (Å²) in [4.78, 5) is 36.6. The van der Waals surface area contributed by atoms with Crippen LogP contribution < -0.4 is 11.1 Å². The quantitative estimate of drug-likeness (QED) is 0.534. The van der Waals surface area contributed by atoms with Crippen LogP contribution >= 0.6 is 0 Å². The standard InChI is InChI=1S/C15H25N3O3/c16-13(19)8-4-5-9-17-12-10-14(20)18(15(12)21)11-6-2-1-3-7-11/h11-12,17H,1-10H2,(H2,16,19). The van der Waals surface area contributed by atoms with Crippen LogP contribution in [-0.2, 0) is 14.4 Å². The summed E-state index contributed by atoms with van der Waals surface area (Å²) in [6.07, 6.45) is 7.44. The number of hydrogen-bond acceptors (Lipinski definition) is 4. The number of carbonyl (C=O) groups excluding carboxylic acids is 3. The number of nitrogens with zero attached hydrogens (tertiary/aromatic N) is 1. The third-order valence-electron chi connectivity index (χ3n) is 4.36. The molecule has 1 saturated carbocycles. The summed E-state index contributed by atoms with van der Waals surface area (Å²) in [7, 11) is 0. The molecule has 2 rings (SSSR count). The lowest BCUT2D eigenvalue weighted by molar-refractivity contribution is -0.142. The first kappa shape index (κ1) is 15.9. The number of carbonyl (C=O) groups is 3. The van der Waals surface area contributed by atoms with Crippen molar-refractivity contribution in [3.8, 4) is 0 Å². The molecule has 21 heavy (non-hydrogen) atoms. The van der Waals surface area contributed by atoms with Crippen molar-refractivity contribution in [2.45, 2.75) is 69.9 Å². The van der Waals surface area contributed by atoms with Crippen LogP contribution in [0.1, 0.15) is 57.8 Å². The van der Waals surface area contributed by atoms with Gasteiger partial charge in [-0.3, -0.25) is 19.3 Å². The minimum absolute atomic E-state index is 0.0402. The second-order valence-corrected chi connectivity index (χ2v) is 6.03. The van der Waals surface area contributed by atoms with Crippen LogP contribution in [0, 0.1) is 0 Å². The Morgan fingerprint density at radius 3 is 2.57 bits per heavy atom. The Balaban J connectivity index is 1.76. The topological polar surface area (TPSA) is 92.5 Å². The number of nitrogens with two attached hydrogens (primary N) is 1. The van der Waals surface area contributed by atoms with Gasteiger partial charge < -0.3 is 11.1 Å². The summed E-state index contributed by atoms with van der Waals surface area (Å²) in [5, 5.41) is 3.14. The maximum atomic E-state index is 12.4. The Kier molecular flexibility index (Phi) is 5.73. The minimum atomic E-state index is -0.381. The lowest BCUT2D eigenvalue weighted by Gasteiger charge is -2.29. The molecule has 1 saturated heterocycles. The summed E-state index contributed by atoms with van der Waals surface area (Å²) < 4.78 is 0. The molecule has 118 valence electrons. The zero-order valence-electron chi connectivity index (χ0n) is 12.5. The largest absolute Gasteiger partial charge is 0.370 e. The summed E-state index contributed by atoms with van der Waals surface area (Å²) in [5.41, 5.74) is 5.07. The average molecular weight is 295 g/mol. The zero-order valence-corrected chi connectivity index (χ0v) is 12.5. The Hall–Kier alpha value is -1.43. The molecule has 0 aromatic carbocycles. The Morgan fingerprint density at radius 1 is 1.19 bits per heavy atom. The molecule has 1 heterocycles. The first-order valence-corrected chi connectivity index (χ1v) is 7.97. The lowest BCUT2D eigenvalue weighted by atomic mass is 9.94. The van der Waals surface area contributed by atoms with Crippen LogP contribution in [0.15, 0.2) is 0 Å². The lowest BCUT2D eigenvalue weighted by Crippen LogP contribution is -2.44. The fraction of sp³-hybridized carbons (Fsp3) is 0.800. The van der Waals surface area contributed by atoms with Crippen LogP contribution in [-0.4, -0.2) is 41.2 Å². The number of primary amides is 1. The Labute approximate surface area is 125 Å². The van der Waals surface area contributed by atoms with Crippen molar-refractivity contribution in [3.63, 3.8) is 0 Å². The Morgan fingerprint density at radius 2 is 1.90 bits per heavy atom. The number of rotatable bonds is 7. The Bertz CT molecular complexity index is 405. The highest BCUT2D eigenvalue weighted by atomic mass is 16.2. The second kappa shape index (κ2) is 7.54. The molecule has 0 bridgehead atoms. The first-order chi connectivity index (χ1) is 10.1. The average Bonchev–Trinajstić information content (AvgIpc) is 2.74. The van der Waals surface area contributed by atoms with Crippen molar-refractivity contribution >= 4 is 17.7 Å². The van der Waals surface area contributed by atoms with Crippen molar-refractivity contribution < 1.29 is 14.4 Å². The van der Waals surface area contributed by atoms with Gasteiger partial charge in [0.15, 0.2) is 0 Å². The van der Waals surface area contributed by atoms with Crippen LogP contribution in [0.25, 0.3) is 0 Å². The number of nitrogens with one attached hydrogen (secondary N) is 1. The summed E-state index contributed by atoms with van der Waals surface area (Å²) >= 11 is 0. The molecule has 0 aromatic heterocycles. The van der Waals surface area contributed by atoms with E-state index in [2.05, 4.69) is 5.32 Å². The molecule has 0 spiro atoms. The van der Waals surface area contributed by atoms with Crippen LogP contribution in [0.4, 0.5) is 0 Å². The molecule has 2 fully saturated rings. The van der Waals surface area contributed by atoms with E-state index >= 15 is 0 Å². The zero-order chi connectivity index (χ0) is 15.2.